The van der Waals surface area contributed by atoms with Gasteiger partial charge in [-0.3, -0.25) is 0 Å². The average Bonchev–Trinajstić information content (AvgIpc) is 2.23. The summed E-state index contributed by atoms with van der Waals surface area (Å²) < 4.78 is 10.4. The maximum atomic E-state index is 11.6. The van der Waals surface area contributed by atoms with Crippen LogP contribution in [0.2, 0.25) is 0 Å². The summed E-state index contributed by atoms with van der Waals surface area (Å²) in [6.07, 6.45) is 4.74. The molecule has 0 saturated carbocycles. The Balaban J connectivity index is 3.88. The van der Waals surface area contributed by atoms with Gasteiger partial charge in [-0.05, 0) is 26.7 Å². The third kappa shape index (κ3) is 7.46. The molecule has 0 aliphatic heterocycles. The van der Waals surface area contributed by atoms with Gasteiger partial charge in [-0.25, -0.2) is 4.79 Å². The minimum atomic E-state index is -0.198. The van der Waals surface area contributed by atoms with E-state index in [0.29, 0.717) is 13.2 Å². The Morgan fingerprint density at radius 2 is 1.94 bits per heavy atom. The van der Waals surface area contributed by atoms with Gasteiger partial charge >= 0.3 is 5.97 Å². The Hall–Kier alpha value is -0.830. The third-order valence-corrected chi connectivity index (χ3v) is 2.00. The molecule has 0 aliphatic rings. The smallest absolute Gasteiger partial charge is 0.333 e. The largest absolute Gasteiger partial charge is 0.460 e. The molecule has 0 spiro atoms. The Bertz CT molecular complexity index is 219. The Labute approximate surface area is 98.8 Å². The van der Waals surface area contributed by atoms with E-state index in [0.717, 1.165) is 24.8 Å². The number of allylic oxidation sites excluding steroid dienone is 1. The number of ether oxygens (including phenoxy) is 2. The molecule has 3 heteroatoms. The van der Waals surface area contributed by atoms with Crippen molar-refractivity contribution in [3.63, 3.8) is 0 Å². The summed E-state index contributed by atoms with van der Waals surface area (Å²) in [7, 11) is 0. The molecule has 0 fully saturated rings. The van der Waals surface area contributed by atoms with Gasteiger partial charge in [0.15, 0.2) is 0 Å². The highest BCUT2D eigenvalue weighted by Crippen LogP contribution is 2.08. The van der Waals surface area contributed by atoms with Crippen molar-refractivity contribution in [1.29, 1.82) is 0 Å². The van der Waals surface area contributed by atoms with E-state index in [1.807, 2.05) is 26.8 Å². The molecular weight excluding hydrogens is 204 g/mol. The zero-order valence-corrected chi connectivity index (χ0v) is 10.9. The van der Waals surface area contributed by atoms with Gasteiger partial charge in [-0.1, -0.05) is 26.3 Å². The van der Waals surface area contributed by atoms with E-state index >= 15 is 0 Å². The Morgan fingerprint density at radius 3 is 2.44 bits per heavy atom. The van der Waals surface area contributed by atoms with Crippen LogP contribution in [0.3, 0.4) is 0 Å². The van der Waals surface area contributed by atoms with E-state index in [9.17, 15) is 4.79 Å². The fourth-order valence-electron chi connectivity index (χ4n) is 1.31. The predicted octanol–water partition coefficient (Wildman–Crippen LogP) is 3.09. The molecule has 0 bridgehead atoms. The lowest BCUT2D eigenvalue weighted by molar-refractivity contribution is -0.141. The average molecular weight is 228 g/mol. The van der Waals surface area contributed by atoms with E-state index in [1.165, 1.54) is 0 Å². The number of hydrogen-bond acceptors (Lipinski definition) is 3. The van der Waals surface area contributed by atoms with Crippen LogP contribution in [0.15, 0.2) is 11.6 Å². The quantitative estimate of drug-likeness (QED) is 0.364. The fraction of sp³-hybridized carbons (Fsp3) is 0.769. The molecule has 0 atom stereocenters. The molecule has 0 aromatic carbocycles. The normalized spacial score (nSPS) is 11.9. The van der Waals surface area contributed by atoms with Gasteiger partial charge in [0, 0.05) is 5.57 Å². The lowest BCUT2D eigenvalue weighted by Crippen LogP contribution is -2.14. The Morgan fingerprint density at radius 1 is 1.25 bits per heavy atom. The summed E-state index contributed by atoms with van der Waals surface area (Å²) in [6.45, 7) is 8.79. The van der Waals surface area contributed by atoms with Crippen LogP contribution in [-0.4, -0.2) is 25.3 Å². The van der Waals surface area contributed by atoms with Crippen molar-refractivity contribution in [2.24, 2.45) is 0 Å². The van der Waals surface area contributed by atoms with Gasteiger partial charge < -0.3 is 9.47 Å². The second kappa shape index (κ2) is 9.40. The fourth-order valence-corrected chi connectivity index (χ4v) is 1.31. The lowest BCUT2D eigenvalue weighted by atomic mass is 10.1. The summed E-state index contributed by atoms with van der Waals surface area (Å²) in [5.41, 5.74) is 0.787. The monoisotopic (exact) mass is 228 g/mol. The number of hydrogen-bond donors (Lipinski definition) is 0. The van der Waals surface area contributed by atoms with Gasteiger partial charge in [0.05, 0.1) is 12.7 Å². The van der Waals surface area contributed by atoms with Crippen LogP contribution >= 0.6 is 0 Å². The summed E-state index contributed by atoms with van der Waals surface area (Å²) in [5, 5.41) is 0. The van der Waals surface area contributed by atoms with Crippen LogP contribution in [0.1, 0.15) is 47.0 Å². The van der Waals surface area contributed by atoms with Gasteiger partial charge in [-0.15, -0.1) is 0 Å². The highest BCUT2D eigenvalue weighted by Gasteiger charge is 2.09. The molecule has 0 aromatic rings. The molecule has 0 radical (unpaired) electrons. The van der Waals surface area contributed by atoms with Crippen molar-refractivity contribution in [3.05, 3.63) is 11.6 Å². The van der Waals surface area contributed by atoms with Gasteiger partial charge in [0.1, 0.15) is 6.61 Å². The number of carbonyl (C=O) groups is 1. The molecule has 0 aromatic heterocycles. The van der Waals surface area contributed by atoms with Crippen molar-refractivity contribution in [1.82, 2.24) is 0 Å². The number of carbonyl (C=O) groups excluding carboxylic acids is 1. The van der Waals surface area contributed by atoms with E-state index in [2.05, 4.69) is 6.92 Å². The van der Waals surface area contributed by atoms with Crippen LogP contribution in [-0.2, 0) is 14.3 Å². The molecular formula is C13H24O3. The molecule has 0 aliphatic carbocycles. The minimum absolute atomic E-state index is 0.181. The van der Waals surface area contributed by atoms with E-state index < -0.39 is 0 Å². The van der Waals surface area contributed by atoms with Crippen molar-refractivity contribution in [3.8, 4) is 0 Å². The van der Waals surface area contributed by atoms with Crippen molar-refractivity contribution in [2.45, 2.75) is 53.1 Å². The third-order valence-electron chi connectivity index (χ3n) is 2.00. The first kappa shape index (κ1) is 15.2. The number of rotatable bonds is 8. The number of esters is 1. The topological polar surface area (TPSA) is 35.5 Å². The van der Waals surface area contributed by atoms with E-state index in [-0.39, 0.29) is 12.1 Å². The maximum Gasteiger partial charge on any atom is 0.333 e. The molecule has 0 rings (SSSR count). The van der Waals surface area contributed by atoms with E-state index in [1.54, 1.807) is 0 Å². The molecule has 0 heterocycles. The summed E-state index contributed by atoms with van der Waals surface area (Å²) in [4.78, 5) is 11.6. The predicted molar refractivity (Wildman–Crippen MR) is 65.3 cm³/mol. The molecule has 3 nitrogen and oxygen atoms in total. The SMILES string of the molecule is CCC=C(CCC)C(=O)OCCOC(C)C. The first-order chi connectivity index (χ1) is 7.61. The van der Waals surface area contributed by atoms with Crippen molar-refractivity contribution < 1.29 is 14.3 Å². The van der Waals surface area contributed by atoms with Crippen molar-refractivity contribution >= 4 is 5.97 Å². The highest BCUT2D eigenvalue weighted by atomic mass is 16.6. The highest BCUT2D eigenvalue weighted by molar-refractivity contribution is 5.88. The van der Waals surface area contributed by atoms with E-state index in [4.69, 9.17) is 9.47 Å². The zero-order valence-electron chi connectivity index (χ0n) is 10.9. The minimum Gasteiger partial charge on any atom is -0.460 e. The summed E-state index contributed by atoms with van der Waals surface area (Å²) in [6, 6.07) is 0. The maximum absolute atomic E-state index is 11.6. The Kier molecular flexibility index (Phi) is 8.91. The molecule has 0 N–H and O–H groups in total. The zero-order chi connectivity index (χ0) is 12.4. The molecule has 0 amide bonds. The van der Waals surface area contributed by atoms with Crippen molar-refractivity contribution in [2.75, 3.05) is 13.2 Å². The van der Waals surface area contributed by atoms with Crippen LogP contribution < -0.4 is 0 Å². The van der Waals surface area contributed by atoms with Gasteiger partial charge in [0.25, 0.3) is 0 Å². The standard InChI is InChI=1S/C13H24O3/c1-5-7-12(8-6-2)13(14)16-10-9-15-11(3)4/h7,11H,5-6,8-10H2,1-4H3. The second-order valence-electron chi connectivity index (χ2n) is 3.94. The second-order valence-corrected chi connectivity index (χ2v) is 3.94. The van der Waals surface area contributed by atoms with Gasteiger partial charge in [-0.2, -0.15) is 0 Å². The molecule has 16 heavy (non-hydrogen) atoms. The summed E-state index contributed by atoms with van der Waals surface area (Å²) in [5.74, 6) is -0.198. The molecule has 94 valence electrons. The van der Waals surface area contributed by atoms with Crippen LogP contribution in [0.5, 0.6) is 0 Å². The molecule has 0 unspecified atom stereocenters. The first-order valence-electron chi connectivity index (χ1n) is 6.09. The lowest BCUT2D eigenvalue weighted by Gasteiger charge is -2.09. The van der Waals surface area contributed by atoms with Crippen LogP contribution in [0, 0.1) is 0 Å². The van der Waals surface area contributed by atoms with Crippen LogP contribution in [0.25, 0.3) is 0 Å². The molecule has 0 saturated heterocycles. The van der Waals surface area contributed by atoms with Crippen LogP contribution in [0.4, 0.5) is 0 Å². The first-order valence-corrected chi connectivity index (χ1v) is 6.09. The van der Waals surface area contributed by atoms with Gasteiger partial charge in [0.2, 0.25) is 0 Å². The summed E-state index contributed by atoms with van der Waals surface area (Å²) >= 11 is 0.